The summed E-state index contributed by atoms with van der Waals surface area (Å²) in [7, 11) is 0. The van der Waals surface area contributed by atoms with Gasteiger partial charge in [0.25, 0.3) is 0 Å². The van der Waals surface area contributed by atoms with Gasteiger partial charge in [-0.15, -0.1) is 0 Å². The molecule has 1 fully saturated rings. The molecule has 0 radical (unpaired) electrons. The van der Waals surface area contributed by atoms with E-state index in [2.05, 4.69) is 12.2 Å². The Bertz CT molecular complexity index is 153. The van der Waals surface area contributed by atoms with Crippen molar-refractivity contribution in [2.24, 2.45) is 5.92 Å². The van der Waals surface area contributed by atoms with Crippen LogP contribution in [0.15, 0.2) is 12.2 Å². The molecule has 0 bridgehead atoms. The molecule has 0 saturated carbocycles. The van der Waals surface area contributed by atoms with Crippen LogP contribution >= 0.6 is 0 Å². The average Bonchev–Trinajstić information content (AvgIpc) is 2.33. The van der Waals surface area contributed by atoms with E-state index in [1.54, 1.807) is 0 Å². The molecule has 1 aliphatic carbocycles. The largest absolute Gasteiger partial charge is 0.368 e. The number of rotatable bonds is 0. The highest BCUT2D eigenvalue weighted by molar-refractivity contribution is 5.03. The molecule has 2 nitrogen and oxygen atoms in total. The number of aliphatic hydroxyl groups excluding tert-OH is 1. The van der Waals surface area contributed by atoms with Crippen LogP contribution in [0.2, 0.25) is 0 Å². The monoisotopic (exact) mass is 140 g/mol. The second kappa shape index (κ2) is 2.36. The summed E-state index contributed by atoms with van der Waals surface area (Å²) in [5, 5.41) is 9.11. The van der Waals surface area contributed by atoms with Gasteiger partial charge in [0.15, 0.2) is 6.29 Å². The van der Waals surface area contributed by atoms with E-state index in [1.165, 1.54) is 0 Å². The highest BCUT2D eigenvalue weighted by atomic mass is 16.6. The van der Waals surface area contributed by atoms with Gasteiger partial charge >= 0.3 is 0 Å². The van der Waals surface area contributed by atoms with Crippen LogP contribution in [0.3, 0.4) is 0 Å². The van der Waals surface area contributed by atoms with Crippen molar-refractivity contribution < 1.29 is 9.84 Å². The van der Waals surface area contributed by atoms with Crippen molar-refractivity contribution in [3.05, 3.63) is 12.2 Å². The lowest BCUT2D eigenvalue weighted by Crippen LogP contribution is -2.31. The first-order valence-electron chi connectivity index (χ1n) is 3.86. The molecule has 1 saturated heterocycles. The Morgan fingerprint density at radius 3 is 3.20 bits per heavy atom. The third-order valence-corrected chi connectivity index (χ3v) is 2.31. The fraction of sp³-hybridized carbons (Fsp3) is 0.750. The Hall–Kier alpha value is -0.340. The van der Waals surface area contributed by atoms with Crippen molar-refractivity contribution in [1.82, 2.24) is 0 Å². The van der Waals surface area contributed by atoms with E-state index in [-0.39, 0.29) is 6.10 Å². The average molecular weight is 140 g/mol. The molecule has 1 N–H and O–H groups in total. The zero-order valence-electron chi connectivity index (χ0n) is 5.86. The van der Waals surface area contributed by atoms with E-state index in [0.29, 0.717) is 5.92 Å². The molecule has 1 aliphatic heterocycles. The summed E-state index contributed by atoms with van der Waals surface area (Å²) in [6.45, 7) is 0. The highest BCUT2D eigenvalue weighted by Crippen LogP contribution is 2.31. The first-order chi connectivity index (χ1) is 4.86. The van der Waals surface area contributed by atoms with Crippen LogP contribution in [0.1, 0.15) is 19.3 Å². The standard InChI is InChI=1S/C8H12O2/c9-8-5-4-6-2-1-3-7(6)10-8/h1-2,6-9H,3-5H2. The maximum absolute atomic E-state index is 9.11. The fourth-order valence-electron chi connectivity index (χ4n) is 1.73. The molecule has 1 heterocycles. The normalized spacial score (nSPS) is 45.5. The van der Waals surface area contributed by atoms with Crippen LogP contribution in [0.5, 0.6) is 0 Å². The Morgan fingerprint density at radius 1 is 1.40 bits per heavy atom. The number of hydrogen-bond donors (Lipinski definition) is 1. The number of fused-ring (bicyclic) bond motifs is 1. The lowest BCUT2D eigenvalue weighted by Gasteiger charge is -2.29. The van der Waals surface area contributed by atoms with Gasteiger partial charge in [-0.3, -0.25) is 0 Å². The minimum Gasteiger partial charge on any atom is -0.368 e. The van der Waals surface area contributed by atoms with Gasteiger partial charge in [-0.2, -0.15) is 0 Å². The zero-order valence-corrected chi connectivity index (χ0v) is 5.86. The Labute approximate surface area is 60.5 Å². The third kappa shape index (κ3) is 0.976. The molecule has 56 valence electrons. The quantitative estimate of drug-likeness (QED) is 0.510. The van der Waals surface area contributed by atoms with Crippen molar-refractivity contribution in [3.63, 3.8) is 0 Å². The van der Waals surface area contributed by atoms with E-state index in [4.69, 9.17) is 9.84 Å². The van der Waals surface area contributed by atoms with E-state index < -0.39 is 6.29 Å². The first kappa shape index (κ1) is 6.38. The molecule has 2 heteroatoms. The molecular weight excluding hydrogens is 128 g/mol. The number of hydrogen-bond acceptors (Lipinski definition) is 2. The number of ether oxygens (including phenoxy) is 1. The molecule has 3 unspecified atom stereocenters. The molecule has 0 aromatic heterocycles. The Kier molecular flexibility index (Phi) is 1.51. The van der Waals surface area contributed by atoms with Crippen molar-refractivity contribution in [3.8, 4) is 0 Å². The van der Waals surface area contributed by atoms with Gasteiger partial charge in [-0.25, -0.2) is 0 Å². The van der Waals surface area contributed by atoms with E-state index in [1.807, 2.05) is 0 Å². The summed E-state index contributed by atoms with van der Waals surface area (Å²) in [5.74, 6) is 0.586. The molecular formula is C8H12O2. The van der Waals surface area contributed by atoms with Crippen molar-refractivity contribution in [2.45, 2.75) is 31.7 Å². The highest BCUT2D eigenvalue weighted by Gasteiger charge is 2.30. The first-order valence-corrected chi connectivity index (χ1v) is 3.86. The van der Waals surface area contributed by atoms with Crippen LogP contribution in [-0.2, 0) is 4.74 Å². The van der Waals surface area contributed by atoms with E-state index in [0.717, 1.165) is 19.3 Å². The summed E-state index contributed by atoms with van der Waals surface area (Å²) >= 11 is 0. The smallest absolute Gasteiger partial charge is 0.154 e. The van der Waals surface area contributed by atoms with Crippen molar-refractivity contribution >= 4 is 0 Å². The lowest BCUT2D eigenvalue weighted by molar-refractivity contribution is -0.171. The lowest BCUT2D eigenvalue weighted by atomic mass is 9.97. The summed E-state index contributed by atoms with van der Waals surface area (Å²) in [6.07, 6.45) is 7.00. The second-order valence-electron chi connectivity index (χ2n) is 3.03. The molecule has 10 heavy (non-hydrogen) atoms. The van der Waals surface area contributed by atoms with Gasteiger partial charge in [0.2, 0.25) is 0 Å². The SMILES string of the molecule is OC1CCC2C=CCC2O1. The molecule has 2 aliphatic rings. The number of aliphatic hydroxyl groups is 1. The maximum Gasteiger partial charge on any atom is 0.154 e. The van der Waals surface area contributed by atoms with Gasteiger partial charge in [0.05, 0.1) is 6.10 Å². The second-order valence-corrected chi connectivity index (χ2v) is 3.03. The molecule has 0 amide bonds. The summed E-state index contributed by atoms with van der Waals surface area (Å²) in [5.41, 5.74) is 0. The topological polar surface area (TPSA) is 29.5 Å². The van der Waals surface area contributed by atoms with Crippen LogP contribution < -0.4 is 0 Å². The van der Waals surface area contributed by atoms with E-state index in [9.17, 15) is 0 Å². The van der Waals surface area contributed by atoms with Crippen LogP contribution in [0.4, 0.5) is 0 Å². The minimum atomic E-state index is -0.499. The zero-order chi connectivity index (χ0) is 6.97. The molecule has 3 atom stereocenters. The molecule has 2 rings (SSSR count). The van der Waals surface area contributed by atoms with Crippen molar-refractivity contribution in [2.75, 3.05) is 0 Å². The Balaban J connectivity index is 2.01. The fourth-order valence-corrected chi connectivity index (χ4v) is 1.73. The third-order valence-electron chi connectivity index (χ3n) is 2.31. The van der Waals surface area contributed by atoms with Gasteiger partial charge in [-0.05, 0) is 19.3 Å². The van der Waals surface area contributed by atoms with Gasteiger partial charge in [0, 0.05) is 5.92 Å². The van der Waals surface area contributed by atoms with E-state index >= 15 is 0 Å². The molecule has 0 aromatic rings. The predicted octanol–water partition coefficient (Wildman–Crippen LogP) is 1.06. The minimum absolute atomic E-state index is 0.281. The van der Waals surface area contributed by atoms with Gasteiger partial charge in [-0.1, -0.05) is 12.2 Å². The summed E-state index contributed by atoms with van der Waals surface area (Å²) in [6, 6.07) is 0. The maximum atomic E-state index is 9.11. The summed E-state index contributed by atoms with van der Waals surface area (Å²) in [4.78, 5) is 0. The summed E-state index contributed by atoms with van der Waals surface area (Å²) < 4.78 is 5.30. The van der Waals surface area contributed by atoms with Gasteiger partial charge < -0.3 is 9.84 Å². The molecule has 0 aromatic carbocycles. The van der Waals surface area contributed by atoms with Gasteiger partial charge in [0.1, 0.15) is 0 Å². The Morgan fingerprint density at radius 2 is 2.30 bits per heavy atom. The van der Waals surface area contributed by atoms with Crippen LogP contribution in [0, 0.1) is 5.92 Å². The molecule has 0 spiro atoms. The predicted molar refractivity (Wildman–Crippen MR) is 37.4 cm³/mol. The van der Waals surface area contributed by atoms with Crippen LogP contribution in [0.25, 0.3) is 0 Å². The van der Waals surface area contributed by atoms with Crippen LogP contribution in [-0.4, -0.2) is 17.5 Å². The van der Waals surface area contributed by atoms with Crippen molar-refractivity contribution in [1.29, 1.82) is 0 Å².